The Balaban J connectivity index is 1.82. The first-order valence-electron chi connectivity index (χ1n) is 8.88. The van der Waals surface area contributed by atoms with Gasteiger partial charge < -0.3 is 25.0 Å². The molecule has 1 aliphatic heterocycles. The van der Waals surface area contributed by atoms with Crippen LogP contribution in [0.25, 0.3) is 0 Å². The average molecular weight is 362 g/mol. The van der Waals surface area contributed by atoms with Crippen molar-refractivity contribution in [2.24, 2.45) is 10.7 Å². The zero-order valence-electron chi connectivity index (χ0n) is 16.2. The van der Waals surface area contributed by atoms with Gasteiger partial charge >= 0.3 is 6.09 Å². The number of nitrogens with zero attached hydrogens (tertiary/aromatic N) is 3. The van der Waals surface area contributed by atoms with E-state index >= 15 is 0 Å². The molecule has 1 aliphatic rings. The van der Waals surface area contributed by atoms with E-state index in [0.29, 0.717) is 45.3 Å². The van der Waals surface area contributed by atoms with Gasteiger partial charge in [0.2, 0.25) is 0 Å². The smallest absolute Gasteiger partial charge is 0.410 e. The highest BCUT2D eigenvalue weighted by Crippen LogP contribution is 2.12. The SMILES string of the molecule is COCc1ccc(CN=C(N)N2CCN(C(=O)OC(C)(C)C)CC2)cc1. The molecule has 7 heteroatoms. The van der Waals surface area contributed by atoms with Crippen LogP contribution in [-0.2, 0) is 22.6 Å². The number of nitrogens with two attached hydrogens (primary N) is 1. The monoisotopic (exact) mass is 362 g/mol. The molecule has 7 nitrogen and oxygen atoms in total. The van der Waals surface area contributed by atoms with Gasteiger partial charge in [0, 0.05) is 33.3 Å². The van der Waals surface area contributed by atoms with Crippen molar-refractivity contribution in [3.8, 4) is 0 Å². The number of amides is 1. The number of hydrogen-bond donors (Lipinski definition) is 1. The summed E-state index contributed by atoms with van der Waals surface area (Å²) >= 11 is 0. The quantitative estimate of drug-likeness (QED) is 0.656. The number of benzene rings is 1. The van der Waals surface area contributed by atoms with Crippen molar-refractivity contribution in [1.82, 2.24) is 9.80 Å². The second-order valence-electron chi connectivity index (χ2n) is 7.38. The Morgan fingerprint density at radius 1 is 1.08 bits per heavy atom. The minimum absolute atomic E-state index is 0.274. The molecule has 1 heterocycles. The van der Waals surface area contributed by atoms with Gasteiger partial charge in [-0.05, 0) is 31.9 Å². The van der Waals surface area contributed by atoms with Crippen LogP contribution in [-0.4, -0.2) is 60.7 Å². The molecule has 144 valence electrons. The Morgan fingerprint density at radius 3 is 2.15 bits per heavy atom. The third-order valence-corrected chi connectivity index (χ3v) is 4.01. The van der Waals surface area contributed by atoms with Gasteiger partial charge in [-0.1, -0.05) is 24.3 Å². The van der Waals surface area contributed by atoms with Crippen LogP contribution in [0.1, 0.15) is 31.9 Å². The van der Waals surface area contributed by atoms with Gasteiger partial charge in [0.05, 0.1) is 13.2 Å². The van der Waals surface area contributed by atoms with E-state index in [2.05, 4.69) is 4.99 Å². The molecule has 1 fully saturated rings. The molecule has 0 aromatic heterocycles. The molecule has 2 N–H and O–H groups in total. The lowest BCUT2D eigenvalue weighted by atomic mass is 10.1. The van der Waals surface area contributed by atoms with Crippen molar-refractivity contribution in [3.63, 3.8) is 0 Å². The maximum Gasteiger partial charge on any atom is 0.410 e. The number of aliphatic imine (C=N–C) groups is 1. The molecule has 0 spiro atoms. The molecule has 0 radical (unpaired) electrons. The second kappa shape index (κ2) is 8.89. The van der Waals surface area contributed by atoms with Gasteiger partial charge in [-0.2, -0.15) is 0 Å². The highest BCUT2D eigenvalue weighted by Gasteiger charge is 2.26. The Morgan fingerprint density at radius 2 is 1.62 bits per heavy atom. The summed E-state index contributed by atoms with van der Waals surface area (Å²) in [6, 6.07) is 8.13. The largest absolute Gasteiger partial charge is 0.444 e. The molecule has 26 heavy (non-hydrogen) atoms. The summed E-state index contributed by atoms with van der Waals surface area (Å²) in [6.45, 7) is 9.21. The summed E-state index contributed by atoms with van der Waals surface area (Å²) in [4.78, 5) is 20.3. The number of hydrogen-bond acceptors (Lipinski definition) is 4. The molecule has 1 aromatic rings. The van der Waals surface area contributed by atoms with Crippen molar-refractivity contribution in [1.29, 1.82) is 0 Å². The van der Waals surface area contributed by atoms with E-state index in [1.54, 1.807) is 12.0 Å². The number of guanidine groups is 1. The van der Waals surface area contributed by atoms with E-state index < -0.39 is 5.60 Å². The van der Waals surface area contributed by atoms with Crippen LogP contribution in [0.2, 0.25) is 0 Å². The number of piperazine rings is 1. The molecule has 2 rings (SSSR count). The maximum absolute atomic E-state index is 12.1. The average Bonchev–Trinajstić information content (AvgIpc) is 2.60. The van der Waals surface area contributed by atoms with Gasteiger partial charge in [0.1, 0.15) is 5.60 Å². The molecule has 1 aromatic carbocycles. The molecule has 1 amide bonds. The first-order valence-corrected chi connectivity index (χ1v) is 8.88. The standard InChI is InChI=1S/C19H30N4O3/c1-19(2,3)26-18(24)23-11-9-22(10-12-23)17(20)21-13-15-5-7-16(8-6-15)14-25-4/h5-8H,9-14H2,1-4H3,(H2,20,21). The molecular weight excluding hydrogens is 332 g/mol. The van der Waals surface area contributed by atoms with Crippen molar-refractivity contribution in [3.05, 3.63) is 35.4 Å². The number of methoxy groups -OCH3 is 1. The first-order chi connectivity index (χ1) is 12.3. The van der Waals surface area contributed by atoms with E-state index in [4.69, 9.17) is 15.2 Å². The van der Waals surface area contributed by atoms with Crippen molar-refractivity contribution >= 4 is 12.1 Å². The lowest BCUT2D eigenvalue weighted by Gasteiger charge is -2.36. The number of carbonyl (C=O) groups is 1. The van der Waals surface area contributed by atoms with Crippen molar-refractivity contribution in [2.75, 3.05) is 33.3 Å². The topological polar surface area (TPSA) is 80.4 Å². The van der Waals surface area contributed by atoms with E-state index in [1.165, 1.54) is 0 Å². The Kier molecular flexibility index (Phi) is 6.85. The third kappa shape index (κ3) is 6.22. The van der Waals surface area contributed by atoms with Crippen LogP contribution in [0.5, 0.6) is 0 Å². The zero-order chi connectivity index (χ0) is 19.2. The number of rotatable bonds is 4. The fraction of sp³-hybridized carbons (Fsp3) is 0.579. The van der Waals surface area contributed by atoms with Crippen LogP contribution < -0.4 is 5.73 Å². The summed E-state index contributed by atoms with van der Waals surface area (Å²) in [5.41, 5.74) is 7.87. The Labute approximate surface area is 155 Å². The second-order valence-corrected chi connectivity index (χ2v) is 7.38. The van der Waals surface area contributed by atoms with Gasteiger partial charge in [-0.15, -0.1) is 0 Å². The minimum Gasteiger partial charge on any atom is -0.444 e. The van der Waals surface area contributed by atoms with Crippen molar-refractivity contribution < 1.29 is 14.3 Å². The fourth-order valence-corrected chi connectivity index (χ4v) is 2.62. The Hall–Kier alpha value is -2.28. The molecule has 0 unspecified atom stereocenters. The third-order valence-electron chi connectivity index (χ3n) is 4.01. The summed E-state index contributed by atoms with van der Waals surface area (Å²) in [5, 5.41) is 0. The molecule has 0 saturated carbocycles. The van der Waals surface area contributed by atoms with Gasteiger partial charge in [0.25, 0.3) is 0 Å². The van der Waals surface area contributed by atoms with Gasteiger partial charge in [0.15, 0.2) is 5.96 Å². The highest BCUT2D eigenvalue weighted by atomic mass is 16.6. The summed E-state index contributed by atoms with van der Waals surface area (Å²) < 4.78 is 10.5. The van der Waals surface area contributed by atoms with Crippen LogP contribution >= 0.6 is 0 Å². The van der Waals surface area contributed by atoms with E-state index in [-0.39, 0.29) is 6.09 Å². The van der Waals surface area contributed by atoms with E-state index in [0.717, 1.165) is 11.1 Å². The Bertz CT molecular complexity index is 615. The van der Waals surface area contributed by atoms with Gasteiger partial charge in [-0.3, -0.25) is 0 Å². The van der Waals surface area contributed by atoms with Crippen molar-refractivity contribution in [2.45, 2.75) is 39.5 Å². The molecular formula is C19H30N4O3. The summed E-state index contributed by atoms with van der Waals surface area (Å²) in [7, 11) is 1.68. The molecule has 0 bridgehead atoms. The first kappa shape index (κ1) is 20.0. The van der Waals surface area contributed by atoms with Gasteiger partial charge in [-0.25, -0.2) is 9.79 Å². The molecule has 0 atom stereocenters. The molecule has 1 saturated heterocycles. The minimum atomic E-state index is -0.479. The lowest BCUT2D eigenvalue weighted by Crippen LogP contribution is -2.53. The van der Waals surface area contributed by atoms with Crippen LogP contribution in [0.3, 0.4) is 0 Å². The van der Waals surface area contributed by atoms with Crippen LogP contribution in [0, 0.1) is 0 Å². The predicted molar refractivity (Wildman–Crippen MR) is 102 cm³/mol. The summed E-state index contributed by atoms with van der Waals surface area (Å²) in [6.07, 6.45) is -0.274. The van der Waals surface area contributed by atoms with E-state index in [1.807, 2.05) is 49.9 Å². The summed E-state index contributed by atoms with van der Waals surface area (Å²) in [5.74, 6) is 0.509. The predicted octanol–water partition coefficient (Wildman–Crippen LogP) is 2.20. The fourth-order valence-electron chi connectivity index (χ4n) is 2.62. The highest BCUT2D eigenvalue weighted by molar-refractivity contribution is 5.78. The lowest BCUT2D eigenvalue weighted by molar-refractivity contribution is 0.0186. The number of ether oxygens (including phenoxy) is 2. The van der Waals surface area contributed by atoms with E-state index in [9.17, 15) is 4.79 Å². The zero-order valence-corrected chi connectivity index (χ0v) is 16.2. The normalized spacial score (nSPS) is 15.9. The number of carbonyl (C=O) groups excluding carboxylic acids is 1. The maximum atomic E-state index is 12.1. The molecule has 0 aliphatic carbocycles. The van der Waals surface area contributed by atoms with Crippen LogP contribution in [0.4, 0.5) is 4.79 Å². The van der Waals surface area contributed by atoms with Crippen LogP contribution in [0.15, 0.2) is 29.3 Å².